The van der Waals surface area contributed by atoms with Gasteiger partial charge in [-0.2, -0.15) is 0 Å². The maximum atomic E-state index is 12.8. The summed E-state index contributed by atoms with van der Waals surface area (Å²) in [5.74, 6) is -0.440. The molecule has 21 heavy (non-hydrogen) atoms. The van der Waals surface area contributed by atoms with Crippen molar-refractivity contribution in [2.24, 2.45) is 5.92 Å². The van der Waals surface area contributed by atoms with Gasteiger partial charge in [0.2, 0.25) is 0 Å². The van der Waals surface area contributed by atoms with Crippen LogP contribution in [0.1, 0.15) is 44.9 Å². The highest BCUT2D eigenvalue weighted by Crippen LogP contribution is 2.36. The molecule has 1 aliphatic carbocycles. The lowest BCUT2D eigenvalue weighted by molar-refractivity contribution is -0.141. The molecule has 1 saturated carbocycles. The molecule has 4 atom stereocenters. The molecule has 6 heteroatoms. The van der Waals surface area contributed by atoms with Crippen LogP contribution in [0.3, 0.4) is 0 Å². The minimum absolute atomic E-state index is 0.142. The fraction of sp³-hybridized carbons (Fsp3) is 0.867. The molecule has 2 heterocycles. The first-order valence-corrected chi connectivity index (χ1v) is 8.06. The maximum absolute atomic E-state index is 12.8. The summed E-state index contributed by atoms with van der Waals surface area (Å²) in [6, 6.07) is -0.792. The third kappa shape index (κ3) is 2.73. The van der Waals surface area contributed by atoms with Crippen LogP contribution in [0.4, 0.5) is 4.79 Å². The number of nitrogens with zero attached hydrogens (tertiary/aromatic N) is 2. The van der Waals surface area contributed by atoms with Crippen LogP contribution < -0.4 is 0 Å². The number of hydrogen-bond acceptors (Lipinski definition) is 3. The van der Waals surface area contributed by atoms with Crippen LogP contribution in [0.2, 0.25) is 0 Å². The van der Waals surface area contributed by atoms with Crippen LogP contribution in [0.15, 0.2) is 0 Å². The average Bonchev–Trinajstić information content (AvgIpc) is 2.88. The van der Waals surface area contributed by atoms with E-state index in [1.165, 1.54) is 24.2 Å². The van der Waals surface area contributed by atoms with Crippen LogP contribution in [-0.4, -0.2) is 63.3 Å². The SMILES string of the molecule is O=C(O)[C@@H]1C[C@@H](O)CN1C(=O)N1CCC[C@H]2CCCC[C@H]21. The van der Waals surface area contributed by atoms with E-state index in [1.54, 1.807) is 0 Å². The number of fused-ring (bicyclic) bond motifs is 1. The number of aliphatic hydroxyl groups excluding tert-OH is 1. The Kier molecular flexibility index (Phi) is 4.06. The summed E-state index contributed by atoms with van der Waals surface area (Å²) in [6.45, 7) is 0.864. The summed E-state index contributed by atoms with van der Waals surface area (Å²) in [5, 5.41) is 19.0. The second-order valence-corrected chi connectivity index (χ2v) is 6.63. The Labute approximate surface area is 124 Å². The van der Waals surface area contributed by atoms with Crippen molar-refractivity contribution >= 4 is 12.0 Å². The fourth-order valence-corrected chi connectivity index (χ4v) is 4.29. The highest BCUT2D eigenvalue weighted by atomic mass is 16.4. The van der Waals surface area contributed by atoms with Gasteiger partial charge in [-0.25, -0.2) is 9.59 Å². The summed E-state index contributed by atoms with van der Waals surface area (Å²) in [5.41, 5.74) is 0. The molecule has 6 nitrogen and oxygen atoms in total. The first-order valence-electron chi connectivity index (χ1n) is 8.06. The normalized spacial score (nSPS) is 36.4. The quantitative estimate of drug-likeness (QED) is 0.764. The van der Waals surface area contributed by atoms with E-state index in [0.29, 0.717) is 5.92 Å². The van der Waals surface area contributed by atoms with Gasteiger partial charge in [0.15, 0.2) is 0 Å². The van der Waals surface area contributed by atoms with Gasteiger partial charge in [-0.15, -0.1) is 0 Å². The van der Waals surface area contributed by atoms with E-state index in [-0.39, 0.29) is 25.0 Å². The molecule has 2 aliphatic heterocycles. The summed E-state index contributed by atoms with van der Waals surface area (Å²) < 4.78 is 0. The lowest BCUT2D eigenvalue weighted by Gasteiger charge is -2.45. The van der Waals surface area contributed by atoms with Gasteiger partial charge in [-0.05, 0) is 31.6 Å². The van der Waals surface area contributed by atoms with Crippen LogP contribution in [0.25, 0.3) is 0 Å². The smallest absolute Gasteiger partial charge is 0.326 e. The first-order chi connectivity index (χ1) is 10.1. The summed E-state index contributed by atoms with van der Waals surface area (Å²) in [6.07, 6.45) is 6.20. The minimum atomic E-state index is -1.02. The molecule has 3 fully saturated rings. The van der Waals surface area contributed by atoms with E-state index in [2.05, 4.69) is 0 Å². The van der Waals surface area contributed by atoms with Crippen molar-refractivity contribution in [2.75, 3.05) is 13.1 Å². The maximum Gasteiger partial charge on any atom is 0.326 e. The molecule has 118 valence electrons. The standard InChI is InChI=1S/C15H24N2O4/c18-11-8-13(14(19)20)17(9-11)15(21)16-7-3-5-10-4-1-2-6-12(10)16/h10-13,18H,1-9H2,(H,19,20)/t10-,11-,12-,13+/m1/s1. The highest BCUT2D eigenvalue weighted by molar-refractivity contribution is 5.83. The number of β-amino-alcohol motifs (C(OH)–C–C–N with tert-alkyl or cyclic N) is 1. The van der Waals surface area contributed by atoms with Crippen LogP contribution in [0, 0.1) is 5.92 Å². The van der Waals surface area contributed by atoms with Crippen LogP contribution in [-0.2, 0) is 4.79 Å². The molecule has 0 radical (unpaired) electrons. The highest BCUT2D eigenvalue weighted by Gasteiger charge is 2.44. The number of aliphatic hydroxyl groups is 1. The second kappa shape index (κ2) is 5.83. The zero-order valence-electron chi connectivity index (χ0n) is 12.3. The van der Waals surface area contributed by atoms with E-state index in [0.717, 1.165) is 25.8 Å². The molecular weight excluding hydrogens is 272 g/mol. The van der Waals surface area contributed by atoms with Gasteiger partial charge in [-0.3, -0.25) is 0 Å². The van der Waals surface area contributed by atoms with Gasteiger partial charge in [0.25, 0.3) is 0 Å². The number of hydrogen-bond donors (Lipinski definition) is 2. The van der Waals surface area contributed by atoms with Crippen molar-refractivity contribution in [2.45, 2.75) is 63.1 Å². The number of likely N-dealkylation sites (tertiary alicyclic amines) is 2. The van der Waals surface area contributed by atoms with E-state index in [9.17, 15) is 19.8 Å². The zero-order valence-corrected chi connectivity index (χ0v) is 12.3. The number of carboxylic acids is 1. The Hall–Kier alpha value is -1.30. The molecule has 0 aromatic rings. The third-order valence-electron chi connectivity index (χ3n) is 5.30. The van der Waals surface area contributed by atoms with E-state index in [1.807, 2.05) is 4.90 Å². The summed E-state index contributed by atoms with van der Waals surface area (Å²) >= 11 is 0. The Balaban J connectivity index is 1.75. The number of carboxylic acid groups (broad SMARTS) is 1. The van der Waals surface area contributed by atoms with Crippen molar-refractivity contribution < 1.29 is 19.8 Å². The lowest BCUT2D eigenvalue weighted by Crippen LogP contribution is -2.56. The Morgan fingerprint density at radius 2 is 1.71 bits per heavy atom. The molecular formula is C15H24N2O4. The number of aliphatic carboxylic acids is 1. The molecule has 3 rings (SSSR count). The molecule has 3 aliphatic rings. The largest absolute Gasteiger partial charge is 0.480 e. The number of urea groups is 1. The lowest BCUT2D eigenvalue weighted by atomic mass is 9.78. The predicted octanol–water partition coefficient (Wildman–Crippen LogP) is 1.28. The molecule has 0 bridgehead atoms. The van der Waals surface area contributed by atoms with E-state index < -0.39 is 18.1 Å². The topological polar surface area (TPSA) is 81.1 Å². The van der Waals surface area contributed by atoms with Crippen molar-refractivity contribution in [1.29, 1.82) is 0 Å². The molecule has 2 saturated heterocycles. The Bertz CT molecular complexity index is 426. The van der Waals surface area contributed by atoms with Gasteiger partial charge in [0.1, 0.15) is 6.04 Å². The first kappa shape index (κ1) is 14.6. The molecule has 0 unspecified atom stereocenters. The van der Waals surface area contributed by atoms with Crippen molar-refractivity contribution in [3.63, 3.8) is 0 Å². The molecule has 2 amide bonds. The summed E-state index contributed by atoms with van der Waals surface area (Å²) in [4.78, 5) is 27.4. The van der Waals surface area contributed by atoms with Crippen LogP contribution >= 0.6 is 0 Å². The number of piperidine rings is 1. The van der Waals surface area contributed by atoms with Gasteiger partial charge in [0.05, 0.1) is 6.10 Å². The predicted molar refractivity (Wildman–Crippen MR) is 75.8 cm³/mol. The Morgan fingerprint density at radius 1 is 1.00 bits per heavy atom. The van der Waals surface area contributed by atoms with Gasteiger partial charge in [0, 0.05) is 25.6 Å². The van der Waals surface area contributed by atoms with Crippen molar-refractivity contribution in [1.82, 2.24) is 9.80 Å². The Morgan fingerprint density at radius 3 is 2.48 bits per heavy atom. The summed E-state index contributed by atoms with van der Waals surface area (Å²) in [7, 11) is 0. The number of carbonyl (C=O) groups excluding carboxylic acids is 1. The monoisotopic (exact) mass is 296 g/mol. The number of amides is 2. The van der Waals surface area contributed by atoms with Crippen LogP contribution in [0.5, 0.6) is 0 Å². The van der Waals surface area contributed by atoms with Crippen molar-refractivity contribution in [3.05, 3.63) is 0 Å². The zero-order chi connectivity index (χ0) is 15.0. The number of rotatable bonds is 1. The number of carbonyl (C=O) groups is 2. The minimum Gasteiger partial charge on any atom is -0.480 e. The molecule has 2 N–H and O–H groups in total. The third-order valence-corrected chi connectivity index (χ3v) is 5.30. The fourth-order valence-electron chi connectivity index (χ4n) is 4.29. The molecule has 0 spiro atoms. The van der Waals surface area contributed by atoms with Gasteiger partial charge < -0.3 is 20.0 Å². The van der Waals surface area contributed by atoms with Gasteiger partial charge in [-0.1, -0.05) is 12.8 Å². The van der Waals surface area contributed by atoms with E-state index >= 15 is 0 Å². The molecule has 0 aromatic carbocycles. The second-order valence-electron chi connectivity index (χ2n) is 6.63. The average molecular weight is 296 g/mol. The van der Waals surface area contributed by atoms with E-state index in [4.69, 9.17) is 0 Å². The van der Waals surface area contributed by atoms with Crippen molar-refractivity contribution in [3.8, 4) is 0 Å². The van der Waals surface area contributed by atoms with Gasteiger partial charge >= 0.3 is 12.0 Å². The molecule has 0 aromatic heterocycles.